The molecule has 3 heterocycles. The van der Waals surface area contributed by atoms with Crippen molar-refractivity contribution in [1.82, 2.24) is 19.8 Å². The number of aryl methyl sites for hydroxylation is 1. The molecule has 0 saturated carbocycles. The summed E-state index contributed by atoms with van der Waals surface area (Å²) in [4.78, 5) is 26.0. The number of H-pyrrole nitrogens is 1. The van der Waals surface area contributed by atoms with Gasteiger partial charge < -0.3 is 29.9 Å². The van der Waals surface area contributed by atoms with Crippen molar-refractivity contribution < 1.29 is 14.6 Å². The van der Waals surface area contributed by atoms with Crippen molar-refractivity contribution >= 4 is 22.6 Å². The largest absolute Gasteiger partial charge is 0.507 e. The lowest BCUT2D eigenvalue weighted by atomic mass is 9.73. The van der Waals surface area contributed by atoms with Gasteiger partial charge >= 0.3 is 0 Å². The van der Waals surface area contributed by atoms with Gasteiger partial charge in [0.25, 0.3) is 5.91 Å². The predicted molar refractivity (Wildman–Crippen MR) is 167 cm³/mol. The maximum Gasteiger partial charge on any atom is 0.255 e. The van der Waals surface area contributed by atoms with E-state index in [-0.39, 0.29) is 11.7 Å². The molecule has 42 heavy (non-hydrogen) atoms. The first kappa shape index (κ1) is 28.2. The fourth-order valence-corrected chi connectivity index (χ4v) is 6.51. The molecule has 4 aromatic rings. The first-order valence-electron chi connectivity index (χ1n) is 14.9. The Morgan fingerprint density at radius 2 is 1.83 bits per heavy atom. The Balaban J connectivity index is 1.10. The van der Waals surface area contributed by atoms with Crippen LogP contribution in [-0.2, 0) is 12.8 Å². The summed E-state index contributed by atoms with van der Waals surface area (Å²) in [7, 11) is 3.81. The van der Waals surface area contributed by atoms with Gasteiger partial charge in [-0.2, -0.15) is 0 Å². The number of rotatable bonds is 10. The van der Waals surface area contributed by atoms with Gasteiger partial charge in [-0.1, -0.05) is 26.0 Å². The average Bonchev–Trinajstić information content (AvgIpc) is 3.36. The molecule has 2 aliphatic heterocycles. The van der Waals surface area contributed by atoms with E-state index in [0.717, 1.165) is 42.6 Å². The zero-order valence-corrected chi connectivity index (χ0v) is 25.0. The number of carbonyl (C=O) groups is 1. The Morgan fingerprint density at radius 3 is 2.52 bits per heavy atom. The van der Waals surface area contributed by atoms with Crippen molar-refractivity contribution in [3.63, 3.8) is 0 Å². The molecule has 3 aromatic carbocycles. The summed E-state index contributed by atoms with van der Waals surface area (Å²) in [6, 6.07) is 17.2. The van der Waals surface area contributed by atoms with Crippen molar-refractivity contribution in [3.8, 4) is 22.9 Å². The second-order valence-corrected chi connectivity index (χ2v) is 12.7. The molecular formula is C34H41N5O3. The molecule has 8 heteroatoms. The molecular weight excluding hydrogens is 526 g/mol. The molecule has 1 amide bonds. The molecule has 3 N–H and O–H groups in total. The lowest BCUT2D eigenvalue weighted by Crippen LogP contribution is -2.71. The van der Waals surface area contributed by atoms with Crippen LogP contribution in [0.3, 0.4) is 0 Å². The van der Waals surface area contributed by atoms with Gasteiger partial charge in [-0.25, -0.2) is 4.98 Å². The van der Waals surface area contributed by atoms with Crippen LogP contribution >= 0.6 is 0 Å². The number of imidazole rings is 1. The number of carbonyl (C=O) groups excluding carboxylic acids is 1. The second-order valence-electron chi connectivity index (χ2n) is 12.7. The van der Waals surface area contributed by atoms with E-state index in [1.54, 1.807) is 25.3 Å². The Morgan fingerprint density at radius 1 is 1.07 bits per heavy atom. The van der Waals surface area contributed by atoms with Gasteiger partial charge in [-0.3, -0.25) is 4.79 Å². The minimum absolute atomic E-state index is 0.0978. The normalized spacial score (nSPS) is 16.5. The number of aromatic nitrogens is 2. The molecule has 2 aliphatic rings. The summed E-state index contributed by atoms with van der Waals surface area (Å²) < 4.78 is 5.51. The number of amides is 1. The molecule has 0 radical (unpaired) electrons. The molecule has 1 spiro atoms. The van der Waals surface area contributed by atoms with Crippen molar-refractivity contribution in [2.45, 2.75) is 33.1 Å². The van der Waals surface area contributed by atoms with Gasteiger partial charge in [0.05, 0.1) is 23.7 Å². The fourth-order valence-electron chi connectivity index (χ4n) is 6.51. The first-order valence-corrected chi connectivity index (χ1v) is 14.9. The Labute approximate surface area is 247 Å². The number of nitrogens with one attached hydrogen (secondary N) is 2. The van der Waals surface area contributed by atoms with Gasteiger partial charge in [-0.05, 0) is 79.8 Å². The number of hydrogen-bond acceptors (Lipinski definition) is 6. The number of fused-ring (bicyclic) bond motifs is 1. The number of anilines is 1. The van der Waals surface area contributed by atoms with E-state index >= 15 is 0 Å². The van der Waals surface area contributed by atoms with E-state index < -0.39 is 0 Å². The van der Waals surface area contributed by atoms with E-state index in [4.69, 9.17) is 9.72 Å². The minimum Gasteiger partial charge on any atom is -0.507 e. The van der Waals surface area contributed by atoms with Crippen LogP contribution in [0.25, 0.3) is 22.4 Å². The second kappa shape index (κ2) is 11.4. The van der Waals surface area contributed by atoms with Crippen molar-refractivity contribution in [2.75, 3.05) is 52.2 Å². The van der Waals surface area contributed by atoms with Crippen LogP contribution in [-0.4, -0.2) is 77.7 Å². The van der Waals surface area contributed by atoms with Crippen LogP contribution in [0.15, 0.2) is 54.6 Å². The highest BCUT2D eigenvalue weighted by atomic mass is 16.5. The average molecular weight is 568 g/mol. The lowest BCUT2D eigenvalue weighted by molar-refractivity contribution is -0.103. The van der Waals surface area contributed by atoms with Crippen LogP contribution in [0, 0.1) is 11.3 Å². The summed E-state index contributed by atoms with van der Waals surface area (Å²) in [6.07, 6.45) is 2.87. The maximum absolute atomic E-state index is 13.1. The summed E-state index contributed by atoms with van der Waals surface area (Å²) in [5.41, 5.74) is 6.23. The molecule has 2 fully saturated rings. The van der Waals surface area contributed by atoms with E-state index in [1.807, 2.05) is 24.3 Å². The van der Waals surface area contributed by atoms with Crippen molar-refractivity contribution in [1.29, 1.82) is 0 Å². The number of benzene rings is 3. The highest BCUT2D eigenvalue weighted by Crippen LogP contribution is 2.39. The zero-order valence-electron chi connectivity index (χ0n) is 25.0. The van der Waals surface area contributed by atoms with Crippen LogP contribution in [0.2, 0.25) is 0 Å². The molecule has 0 atom stereocenters. The molecule has 220 valence electrons. The molecule has 1 aromatic heterocycles. The Bertz CT molecular complexity index is 1580. The number of nitrogens with zero attached hydrogens (tertiary/aromatic N) is 3. The number of hydrogen-bond donors (Lipinski definition) is 3. The van der Waals surface area contributed by atoms with Crippen LogP contribution in [0.4, 0.5) is 5.69 Å². The smallest absolute Gasteiger partial charge is 0.255 e. The topological polar surface area (TPSA) is 93.7 Å². The highest BCUT2D eigenvalue weighted by molar-refractivity contribution is 6.06. The van der Waals surface area contributed by atoms with Gasteiger partial charge in [0.15, 0.2) is 0 Å². The molecule has 6 rings (SSSR count). The van der Waals surface area contributed by atoms with Crippen molar-refractivity contribution in [2.24, 2.45) is 11.3 Å². The summed E-state index contributed by atoms with van der Waals surface area (Å²) in [6.45, 7) is 10.4. The Hall–Kier alpha value is -3.88. The monoisotopic (exact) mass is 567 g/mol. The number of phenolic OH excluding ortho intramolecular Hbond substituents is 1. The fraction of sp³-hybridized carbons (Fsp3) is 0.412. The maximum atomic E-state index is 13.1. The quantitative estimate of drug-likeness (QED) is 0.232. The van der Waals surface area contributed by atoms with Gasteiger partial charge in [0.1, 0.15) is 17.3 Å². The van der Waals surface area contributed by atoms with E-state index in [2.05, 4.69) is 53.1 Å². The van der Waals surface area contributed by atoms with E-state index in [1.165, 1.54) is 31.7 Å². The predicted octanol–water partition coefficient (Wildman–Crippen LogP) is 5.57. The number of likely N-dealkylation sites (tertiary alicyclic amines) is 2. The molecule has 0 aliphatic carbocycles. The summed E-state index contributed by atoms with van der Waals surface area (Å²) in [5, 5.41) is 13.8. The van der Waals surface area contributed by atoms with Crippen LogP contribution < -0.4 is 10.1 Å². The number of ether oxygens (including phenoxy) is 1. The number of aromatic hydroxyl groups is 1. The Kier molecular flexibility index (Phi) is 7.68. The van der Waals surface area contributed by atoms with Gasteiger partial charge in [0.2, 0.25) is 0 Å². The first-order chi connectivity index (χ1) is 20.2. The third-order valence-electron chi connectivity index (χ3n) is 8.65. The SMILES string of the molecule is COc1cc(O)c(-c2nc3cc(C(=O)Nc4ccc(CCN5CC6(CN(C)C6)C5)cc4)ccc3[nH]2)cc1CCC(C)C. The van der Waals surface area contributed by atoms with E-state index in [0.29, 0.717) is 39.6 Å². The molecule has 8 nitrogen and oxygen atoms in total. The standard InChI is InChI=1S/C34H41N5O3/c1-22(2)5-8-24-15-27(30(40)17-31(24)42-4)32-36-28-12-9-25(16-29(28)37-32)33(41)35-26-10-6-23(7-11-26)13-14-39-20-34(21-39)18-38(3)19-34/h6-7,9-12,15-17,22,40H,5,8,13-14,18-21H2,1-4H3,(H,35,41)(H,36,37). The van der Waals surface area contributed by atoms with Crippen LogP contribution in [0.1, 0.15) is 41.8 Å². The van der Waals surface area contributed by atoms with Crippen LogP contribution in [0.5, 0.6) is 11.5 Å². The highest BCUT2D eigenvalue weighted by Gasteiger charge is 2.49. The summed E-state index contributed by atoms with van der Waals surface area (Å²) >= 11 is 0. The molecule has 0 unspecified atom stereocenters. The third kappa shape index (κ3) is 5.87. The number of methoxy groups -OCH3 is 1. The third-order valence-corrected chi connectivity index (χ3v) is 8.65. The lowest BCUT2D eigenvalue weighted by Gasteiger charge is -2.59. The van der Waals surface area contributed by atoms with Gasteiger partial charge in [0, 0.05) is 55.5 Å². The van der Waals surface area contributed by atoms with Gasteiger partial charge in [-0.15, -0.1) is 0 Å². The zero-order chi connectivity index (χ0) is 29.4. The summed E-state index contributed by atoms with van der Waals surface area (Å²) in [5.74, 6) is 1.69. The minimum atomic E-state index is -0.186. The number of aromatic amines is 1. The van der Waals surface area contributed by atoms with E-state index in [9.17, 15) is 9.90 Å². The molecule has 2 saturated heterocycles. The molecule has 0 bridgehead atoms. The number of phenols is 1. The van der Waals surface area contributed by atoms with Crippen molar-refractivity contribution in [3.05, 3.63) is 71.3 Å².